The minimum atomic E-state index is -0.319. The molecule has 2 aromatic carbocycles. The number of ether oxygens (including phenoxy) is 2. The Morgan fingerprint density at radius 3 is 2.50 bits per heavy atom. The van der Waals surface area contributed by atoms with Gasteiger partial charge < -0.3 is 13.9 Å². The van der Waals surface area contributed by atoms with Gasteiger partial charge in [-0.1, -0.05) is 18.2 Å². The lowest BCUT2D eigenvalue weighted by Gasteiger charge is -2.24. The van der Waals surface area contributed by atoms with Crippen LogP contribution in [0.2, 0.25) is 0 Å². The standard InChI is InChI=1S/C27H20N6O3/c1-16-21-22(20-9-6-14-35-20)23-25-29-24(17-10-12-19(34-2)13-11-17)31-32(25)15-28-26(23)36-27(21)33(30-16)18-7-4-3-5-8-18/h3-15,22H,1-2H3/t22-/m0/s1. The van der Waals surface area contributed by atoms with Crippen molar-refractivity contribution in [3.63, 3.8) is 0 Å². The van der Waals surface area contributed by atoms with Crippen LogP contribution in [-0.4, -0.2) is 36.5 Å². The molecule has 0 saturated heterocycles. The van der Waals surface area contributed by atoms with Gasteiger partial charge in [-0.3, -0.25) is 0 Å². The highest BCUT2D eigenvalue weighted by Gasteiger charge is 2.39. The first-order valence-electron chi connectivity index (χ1n) is 11.5. The van der Waals surface area contributed by atoms with E-state index in [1.165, 1.54) is 0 Å². The van der Waals surface area contributed by atoms with E-state index in [1.807, 2.05) is 78.3 Å². The van der Waals surface area contributed by atoms with Crippen LogP contribution in [0.5, 0.6) is 17.5 Å². The maximum atomic E-state index is 6.42. The van der Waals surface area contributed by atoms with Gasteiger partial charge in [-0.25, -0.2) is 19.2 Å². The van der Waals surface area contributed by atoms with Crippen molar-refractivity contribution < 1.29 is 13.9 Å². The summed E-state index contributed by atoms with van der Waals surface area (Å²) in [6.45, 7) is 1.97. The molecule has 36 heavy (non-hydrogen) atoms. The third-order valence-corrected chi connectivity index (χ3v) is 6.40. The summed E-state index contributed by atoms with van der Waals surface area (Å²) in [4.78, 5) is 9.52. The summed E-state index contributed by atoms with van der Waals surface area (Å²) >= 11 is 0. The molecule has 0 aliphatic carbocycles. The summed E-state index contributed by atoms with van der Waals surface area (Å²) in [5.41, 5.74) is 4.93. The van der Waals surface area contributed by atoms with Crippen LogP contribution in [0.1, 0.15) is 28.5 Å². The van der Waals surface area contributed by atoms with E-state index in [9.17, 15) is 0 Å². The SMILES string of the molecule is COc1ccc(-c2nc3c4c(ncn3n2)Oc2c(c(C)nn2-c2ccccc2)[C@@H]4c2ccco2)cc1. The lowest BCUT2D eigenvalue weighted by molar-refractivity contribution is 0.392. The molecule has 0 fully saturated rings. The van der Waals surface area contributed by atoms with E-state index in [1.54, 1.807) is 24.2 Å². The zero-order valence-corrected chi connectivity index (χ0v) is 19.5. The molecule has 1 aliphatic heterocycles. The van der Waals surface area contributed by atoms with E-state index in [-0.39, 0.29) is 5.92 Å². The van der Waals surface area contributed by atoms with Crippen LogP contribution in [0, 0.1) is 6.92 Å². The predicted octanol–water partition coefficient (Wildman–Crippen LogP) is 5.17. The third-order valence-electron chi connectivity index (χ3n) is 6.40. The van der Waals surface area contributed by atoms with E-state index in [0.29, 0.717) is 23.2 Å². The molecule has 4 aromatic heterocycles. The molecule has 5 heterocycles. The highest BCUT2D eigenvalue weighted by Crippen LogP contribution is 2.49. The summed E-state index contributed by atoms with van der Waals surface area (Å²) in [6, 6.07) is 21.4. The summed E-state index contributed by atoms with van der Waals surface area (Å²) in [6.07, 6.45) is 3.29. The lowest BCUT2D eigenvalue weighted by atomic mass is 9.88. The molecule has 9 heteroatoms. The van der Waals surface area contributed by atoms with E-state index in [2.05, 4.69) is 10.1 Å². The molecule has 0 amide bonds. The summed E-state index contributed by atoms with van der Waals surface area (Å²) in [5, 5.41) is 9.51. The van der Waals surface area contributed by atoms with Gasteiger partial charge in [0.2, 0.25) is 11.8 Å². The second-order valence-electron chi connectivity index (χ2n) is 8.50. The highest BCUT2D eigenvalue weighted by molar-refractivity contribution is 5.68. The maximum absolute atomic E-state index is 6.42. The zero-order chi connectivity index (χ0) is 24.2. The molecule has 176 valence electrons. The highest BCUT2D eigenvalue weighted by atomic mass is 16.5. The molecular weight excluding hydrogens is 456 g/mol. The van der Waals surface area contributed by atoms with Gasteiger partial charge in [0.05, 0.1) is 41.8 Å². The number of aromatic nitrogens is 6. The first-order chi connectivity index (χ1) is 17.7. The number of nitrogens with zero attached hydrogens (tertiary/aromatic N) is 6. The Morgan fingerprint density at radius 1 is 0.917 bits per heavy atom. The summed E-state index contributed by atoms with van der Waals surface area (Å²) in [5.74, 6) is 2.84. The Hall–Kier alpha value is -4.92. The van der Waals surface area contributed by atoms with E-state index in [4.69, 9.17) is 24.0 Å². The van der Waals surface area contributed by atoms with Crippen molar-refractivity contribution in [2.24, 2.45) is 0 Å². The van der Waals surface area contributed by atoms with Crippen molar-refractivity contribution in [2.45, 2.75) is 12.8 Å². The molecule has 6 aromatic rings. The number of para-hydroxylation sites is 1. The van der Waals surface area contributed by atoms with Crippen LogP contribution in [0.15, 0.2) is 83.7 Å². The second-order valence-corrected chi connectivity index (χ2v) is 8.50. The minimum absolute atomic E-state index is 0.319. The number of fused-ring (bicyclic) bond motifs is 4. The normalized spacial score (nSPS) is 14.3. The number of benzene rings is 2. The summed E-state index contributed by atoms with van der Waals surface area (Å²) < 4.78 is 21.1. The number of methoxy groups -OCH3 is 1. The molecule has 9 nitrogen and oxygen atoms in total. The molecule has 0 radical (unpaired) electrons. The zero-order valence-electron chi connectivity index (χ0n) is 19.5. The summed E-state index contributed by atoms with van der Waals surface area (Å²) in [7, 11) is 1.64. The topological polar surface area (TPSA) is 92.5 Å². The Labute approximate surface area is 205 Å². The molecule has 0 N–H and O–H groups in total. The van der Waals surface area contributed by atoms with Gasteiger partial charge in [-0.15, -0.1) is 5.10 Å². The molecule has 0 bridgehead atoms. The molecule has 0 unspecified atom stereocenters. The van der Waals surface area contributed by atoms with Gasteiger partial charge in [-0.2, -0.15) is 5.10 Å². The van der Waals surface area contributed by atoms with Crippen molar-refractivity contribution in [1.29, 1.82) is 0 Å². The van der Waals surface area contributed by atoms with Crippen LogP contribution in [0.4, 0.5) is 0 Å². The Bertz CT molecular complexity index is 1700. The van der Waals surface area contributed by atoms with Gasteiger partial charge in [0.25, 0.3) is 0 Å². The number of aryl methyl sites for hydroxylation is 1. The van der Waals surface area contributed by atoms with E-state index >= 15 is 0 Å². The van der Waals surface area contributed by atoms with Crippen molar-refractivity contribution in [1.82, 2.24) is 29.4 Å². The van der Waals surface area contributed by atoms with Gasteiger partial charge >= 0.3 is 0 Å². The van der Waals surface area contributed by atoms with Gasteiger partial charge in [-0.05, 0) is 55.5 Å². The first kappa shape index (κ1) is 20.5. The average molecular weight is 476 g/mol. The fraction of sp³-hybridized carbons (Fsp3) is 0.111. The van der Waals surface area contributed by atoms with Crippen LogP contribution in [0.25, 0.3) is 22.7 Å². The quantitative estimate of drug-likeness (QED) is 0.346. The molecular formula is C27H20N6O3. The van der Waals surface area contributed by atoms with Gasteiger partial charge in [0.1, 0.15) is 17.8 Å². The van der Waals surface area contributed by atoms with Crippen molar-refractivity contribution in [3.05, 3.63) is 102 Å². The number of hydrogen-bond donors (Lipinski definition) is 0. The smallest absolute Gasteiger partial charge is 0.230 e. The molecule has 1 atom stereocenters. The van der Waals surface area contributed by atoms with Crippen molar-refractivity contribution in [3.8, 4) is 34.6 Å². The van der Waals surface area contributed by atoms with Gasteiger partial charge in [0, 0.05) is 5.56 Å². The Morgan fingerprint density at radius 2 is 1.75 bits per heavy atom. The van der Waals surface area contributed by atoms with Crippen LogP contribution >= 0.6 is 0 Å². The van der Waals surface area contributed by atoms with Crippen LogP contribution < -0.4 is 9.47 Å². The predicted molar refractivity (Wildman–Crippen MR) is 131 cm³/mol. The minimum Gasteiger partial charge on any atom is -0.497 e. The second kappa shape index (κ2) is 7.81. The largest absolute Gasteiger partial charge is 0.497 e. The van der Waals surface area contributed by atoms with Crippen molar-refractivity contribution >= 4 is 5.65 Å². The van der Waals surface area contributed by atoms with Gasteiger partial charge in [0.15, 0.2) is 11.5 Å². The molecule has 7 rings (SSSR count). The monoisotopic (exact) mass is 476 g/mol. The Kier molecular flexibility index (Phi) is 4.44. The van der Waals surface area contributed by atoms with Crippen LogP contribution in [0.3, 0.4) is 0 Å². The number of furan rings is 1. The number of hydrogen-bond acceptors (Lipinski definition) is 7. The fourth-order valence-corrected chi connectivity index (χ4v) is 4.72. The van der Waals surface area contributed by atoms with Crippen molar-refractivity contribution in [2.75, 3.05) is 7.11 Å². The Balaban J connectivity index is 1.45. The third kappa shape index (κ3) is 3.02. The molecule has 0 spiro atoms. The molecule has 1 aliphatic rings. The molecule has 0 saturated carbocycles. The van der Waals surface area contributed by atoms with E-state index in [0.717, 1.165) is 39.6 Å². The first-order valence-corrected chi connectivity index (χ1v) is 11.5. The van der Waals surface area contributed by atoms with Crippen LogP contribution in [-0.2, 0) is 0 Å². The maximum Gasteiger partial charge on any atom is 0.230 e. The lowest BCUT2D eigenvalue weighted by Crippen LogP contribution is -2.15. The average Bonchev–Trinajstić information content (AvgIpc) is 3.67. The fourth-order valence-electron chi connectivity index (χ4n) is 4.72. The number of rotatable bonds is 4. The van der Waals surface area contributed by atoms with E-state index < -0.39 is 0 Å².